The van der Waals surface area contributed by atoms with Crippen LogP contribution < -0.4 is 0 Å². The fourth-order valence-corrected chi connectivity index (χ4v) is 5.05. The number of aryl methyl sites for hydroxylation is 1. The molecule has 1 saturated heterocycles. The van der Waals surface area contributed by atoms with Crippen molar-refractivity contribution >= 4 is 29.0 Å². The number of para-hydroxylation sites is 1. The van der Waals surface area contributed by atoms with E-state index in [0.29, 0.717) is 5.75 Å². The summed E-state index contributed by atoms with van der Waals surface area (Å²) in [6, 6.07) is 12.5. The van der Waals surface area contributed by atoms with E-state index in [-0.39, 0.29) is 11.9 Å². The molecule has 26 heavy (non-hydrogen) atoms. The second kappa shape index (κ2) is 7.63. The van der Waals surface area contributed by atoms with E-state index in [1.54, 1.807) is 17.7 Å². The fourth-order valence-electron chi connectivity index (χ4n) is 3.37. The number of thioether (sulfide) groups is 1. The molecule has 4 rings (SSSR count). The van der Waals surface area contributed by atoms with Gasteiger partial charge in [0.1, 0.15) is 6.33 Å². The SMILES string of the molecule is Cc1ccccc1-n1cnnc1SCC(=O)N1CCCC1c1cccs1. The van der Waals surface area contributed by atoms with Gasteiger partial charge in [-0.05, 0) is 42.8 Å². The molecule has 1 unspecified atom stereocenters. The molecule has 1 aliphatic rings. The monoisotopic (exact) mass is 384 g/mol. The first-order valence-corrected chi connectivity index (χ1v) is 10.5. The molecule has 5 nitrogen and oxygen atoms in total. The van der Waals surface area contributed by atoms with Crippen LogP contribution in [0.2, 0.25) is 0 Å². The van der Waals surface area contributed by atoms with Crippen molar-refractivity contribution in [1.82, 2.24) is 19.7 Å². The van der Waals surface area contributed by atoms with Crippen molar-refractivity contribution in [3.8, 4) is 5.69 Å². The average molecular weight is 385 g/mol. The molecule has 1 fully saturated rings. The number of benzene rings is 1. The Morgan fingerprint density at radius 2 is 2.19 bits per heavy atom. The number of carbonyl (C=O) groups excluding carboxylic acids is 1. The molecule has 0 bridgehead atoms. The van der Waals surface area contributed by atoms with E-state index in [2.05, 4.69) is 40.7 Å². The highest BCUT2D eigenvalue weighted by Crippen LogP contribution is 2.35. The van der Waals surface area contributed by atoms with Gasteiger partial charge >= 0.3 is 0 Å². The Bertz CT molecular complexity index is 891. The highest BCUT2D eigenvalue weighted by molar-refractivity contribution is 7.99. The lowest BCUT2D eigenvalue weighted by atomic mass is 10.2. The van der Waals surface area contributed by atoms with Crippen LogP contribution in [0.5, 0.6) is 0 Å². The van der Waals surface area contributed by atoms with Crippen LogP contribution in [0, 0.1) is 6.92 Å². The van der Waals surface area contributed by atoms with Crippen LogP contribution in [0.4, 0.5) is 0 Å². The van der Waals surface area contributed by atoms with Crippen molar-refractivity contribution in [2.75, 3.05) is 12.3 Å². The van der Waals surface area contributed by atoms with Gasteiger partial charge < -0.3 is 4.90 Å². The van der Waals surface area contributed by atoms with Crippen LogP contribution in [-0.2, 0) is 4.79 Å². The molecule has 1 amide bonds. The van der Waals surface area contributed by atoms with Gasteiger partial charge in [0.05, 0.1) is 17.5 Å². The number of rotatable bonds is 5. The third-order valence-electron chi connectivity index (χ3n) is 4.66. The van der Waals surface area contributed by atoms with Gasteiger partial charge in [-0.1, -0.05) is 36.0 Å². The number of amides is 1. The fraction of sp³-hybridized carbons (Fsp3) is 0.316. The summed E-state index contributed by atoms with van der Waals surface area (Å²) >= 11 is 3.18. The van der Waals surface area contributed by atoms with Crippen molar-refractivity contribution < 1.29 is 4.79 Å². The summed E-state index contributed by atoms with van der Waals surface area (Å²) in [7, 11) is 0. The zero-order chi connectivity index (χ0) is 17.9. The number of thiophene rings is 1. The minimum Gasteiger partial charge on any atom is -0.334 e. The molecule has 0 spiro atoms. The van der Waals surface area contributed by atoms with Crippen molar-refractivity contribution in [1.29, 1.82) is 0 Å². The van der Waals surface area contributed by atoms with E-state index in [4.69, 9.17) is 0 Å². The van der Waals surface area contributed by atoms with E-state index < -0.39 is 0 Å². The van der Waals surface area contributed by atoms with Crippen LogP contribution in [0.15, 0.2) is 53.3 Å². The molecular weight excluding hydrogens is 364 g/mol. The van der Waals surface area contributed by atoms with Gasteiger partial charge in [0.25, 0.3) is 0 Å². The van der Waals surface area contributed by atoms with Crippen LogP contribution in [0.1, 0.15) is 29.3 Å². The summed E-state index contributed by atoms with van der Waals surface area (Å²) in [4.78, 5) is 16.1. The van der Waals surface area contributed by atoms with E-state index in [9.17, 15) is 4.79 Å². The number of likely N-dealkylation sites (tertiary alicyclic amines) is 1. The van der Waals surface area contributed by atoms with Crippen LogP contribution in [0.3, 0.4) is 0 Å². The largest absolute Gasteiger partial charge is 0.334 e. The zero-order valence-electron chi connectivity index (χ0n) is 14.5. The molecule has 3 heterocycles. The first-order valence-electron chi connectivity index (χ1n) is 8.66. The normalized spacial score (nSPS) is 17.0. The van der Waals surface area contributed by atoms with Gasteiger partial charge in [0.15, 0.2) is 5.16 Å². The lowest BCUT2D eigenvalue weighted by Gasteiger charge is -2.23. The summed E-state index contributed by atoms with van der Waals surface area (Å²) < 4.78 is 1.95. The standard InChI is InChI=1S/C19H20N4OS2/c1-14-6-2-3-7-15(14)23-13-20-21-19(23)26-12-18(24)22-10-4-8-16(22)17-9-5-11-25-17/h2-3,5-7,9,11,13,16H,4,8,10,12H2,1H3. The Morgan fingerprint density at radius 1 is 1.31 bits per heavy atom. The molecule has 0 N–H and O–H groups in total. The maximum atomic E-state index is 12.8. The second-order valence-corrected chi connectivity index (χ2v) is 8.24. The topological polar surface area (TPSA) is 51.0 Å². The molecule has 1 atom stereocenters. The second-order valence-electron chi connectivity index (χ2n) is 6.32. The maximum absolute atomic E-state index is 12.8. The van der Waals surface area contributed by atoms with Gasteiger partial charge in [0, 0.05) is 11.4 Å². The van der Waals surface area contributed by atoms with E-state index >= 15 is 0 Å². The third-order valence-corrected chi connectivity index (χ3v) is 6.56. The van der Waals surface area contributed by atoms with Gasteiger partial charge in [-0.25, -0.2) is 0 Å². The molecule has 2 aromatic heterocycles. The molecule has 0 radical (unpaired) electrons. The summed E-state index contributed by atoms with van der Waals surface area (Å²) in [6.45, 7) is 2.90. The third kappa shape index (κ3) is 3.41. The summed E-state index contributed by atoms with van der Waals surface area (Å²) in [5, 5.41) is 11.1. The molecule has 1 aromatic carbocycles. The highest BCUT2D eigenvalue weighted by atomic mass is 32.2. The smallest absolute Gasteiger partial charge is 0.233 e. The number of aromatic nitrogens is 3. The number of nitrogens with zero attached hydrogens (tertiary/aromatic N) is 4. The van der Waals surface area contributed by atoms with Crippen LogP contribution in [-0.4, -0.2) is 37.9 Å². The van der Waals surface area contributed by atoms with Gasteiger partial charge in [-0.15, -0.1) is 21.5 Å². The quantitative estimate of drug-likeness (QED) is 0.622. The molecule has 7 heteroatoms. The van der Waals surface area contributed by atoms with Gasteiger partial charge in [-0.2, -0.15) is 0 Å². The molecule has 0 saturated carbocycles. The highest BCUT2D eigenvalue weighted by Gasteiger charge is 2.30. The Kier molecular flexibility index (Phi) is 5.08. The Hall–Kier alpha value is -2.12. The van der Waals surface area contributed by atoms with Crippen molar-refractivity contribution in [3.63, 3.8) is 0 Å². The molecule has 0 aliphatic carbocycles. The molecule has 3 aromatic rings. The minimum atomic E-state index is 0.172. The van der Waals surface area contributed by atoms with Gasteiger partial charge in [0.2, 0.25) is 5.91 Å². The van der Waals surface area contributed by atoms with Crippen molar-refractivity contribution in [3.05, 3.63) is 58.5 Å². The van der Waals surface area contributed by atoms with Crippen LogP contribution in [0.25, 0.3) is 5.69 Å². The first-order chi connectivity index (χ1) is 12.7. The summed E-state index contributed by atoms with van der Waals surface area (Å²) in [6.07, 6.45) is 3.83. The molecule has 1 aliphatic heterocycles. The average Bonchev–Trinajstić information content (AvgIpc) is 3.40. The maximum Gasteiger partial charge on any atom is 0.233 e. The predicted octanol–water partition coefficient (Wildman–Crippen LogP) is 4.09. The lowest BCUT2D eigenvalue weighted by Crippen LogP contribution is -2.31. The Labute approximate surface area is 161 Å². The van der Waals surface area contributed by atoms with E-state index in [1.807, 2.05) is 27.7 Å². The summed E-state index contributed by atoms with van der Waals surface area (Å²) in [5.41, 5.74) is 2.20. The predicted molar refractivity (Wildman–Crippen MR) is 105 cm³/mol. The lowest BCUT2D eigenvalue weighted by molar-refractivity contribution is -0.129. The van der Waals surface area contributed by atoms with Crippen molar-refractivity contribution in [2.24, 2.45) is 0 Å². The van der Waals surface area contributed by atoms with Crippen molar-refractivity contribution in [2.45, 2.75) is 31.0 Å². The number of hydrogen-bond donors (Lipinski definition) is 0. The number of carbonyl (C=O) groups is 1. The summed E-state index contributed by atoms with van der Waals surface area (Å²) in [5.74, 6) is 0.553. The van der Waals surface area contributed by atoms with Gasteiger partial charge in [-0.3, -0.25) is 9.36 Å². The Morgan fingerprint density at radius 3 is 3.00 bits per heavy atom. The van der Waals surface area contributed by atoms with Crippen LogP contribution >= 0.6 is 23.1 Å². The molecule has 134 valence electrons. The zero-order valence-corrected chi connectivity index (χ0v) is 16.2. The molecular formula is C19H20N4OS2. The Balaban J connectivity index is 1.46. The van der Waals surface area contributed by atoms with E-state index in [1.165, 1.54) is 16.6 Å². The number of hydrogen-bond acceptors (Lipinski definition) is 5. The minimum absolute atomic E-state index is 0.172. The first kappa shape index (κ1) is 17.3. The van der Waals surface area contributed by atoms with E-state index in [0.717, 1.165) is 35.8 Å².